The van der Waals surface area contributed by atoms with Gasteiger partial charge >= 0.3 is 0 Å². The summed E-state index contributed by atoms with van der Waals surface area (Å²) >= 11 is 6.46. The van der Waals surface area contributed by atoms with Crippen LogP contribution in [0.25, 0.3) is 0 Å². The van der Waals surface area contributed by atoms with Crippen molar-refractivity contribution in [2.75, 3.05) is 6.61 Å². The Kier molecular flexibility index (Phi) is 4.39. The summed E-state index contributed by atoms with van der Waals surface area (Å²) in [5.41, 5.74) is 4.00. The SMILES string of the molecule is CC(C)(CO)NS(=O)(=O)c1cc(C(N)=O)c(Cl)s1. The number of aliphatic hydroxyl groups is 1. The van der Waals surface area contributed by atoms with E-state index < -0.39 is 21.5 Å². The van der Waals surface area contributed by atoms with E-state index in [1.165, 1.54) is 13.8 Å². The lowest BCUT2D eigenvalue weighted by Crippen LogP contribution is -2.45. The van der Waals surface area contributed by atoms with Crippen molar-refractivity contribution in [2.24, 2.45) is 5.73 Å². The van der Waals surface area contributed by atoms with Crippen molar-refractivity contribution >= 4 is 38.9 Å². The van der Waals surface area contributed by atoms with Crippen molar-refractivity contribution in [1.82, 2.24) is 4.72 Å². The summed E-state index contributed by atoms with van der Waals surface area (Å²) < 4.78 is 26.1. The third-order valence-corrected chi connectivity index (χ3v) is 5.53. The first kappa shape index (κ1) is 15.4. The summed E-state index contributed by atoms with van der Waals surface area (Å²) in [4.78, 5) is 11.0. The largest absolute Gasteiger partial charge is 0.394 e. The van der Waals surface area contributed by atoms with E-state index in [1.807, 2.05) is 0 Å². The highest BCUT2D eigenvalue weighted by atomic mass is 35.5. The predicted octanol–water partition coefficient (Wildman–Crippen LogP) is 0.550. The molecule has 0 fully saturated rings. The topological polar surface area (TPSA) is 109 Å². The third-order valence-electron chi connectivity index (χ3n) is 2.00. The summed E-state index contributed by atoms with van der Waals surface area (Å²) in [6, 6.07) is 1.12. The van der Waals surface area contributed by atoms with Gasteiger partial charge in [-0.25, -0.2) is 13.1 Å². The number of amides is 1. The summed E-state index contributed by atoms with van der Waals surface area (Å²) in [6.45, 7) is 2.68. The highest BCUT2D eigenvalue weighted by molar-refractivity contribution is 7.91. The Morgan fingerprint density at radius 3 is 2.56 bits per heavy atom. The minimum atomic E-state index is -3.85. The maximum atomic E-state index is 12.0. The molecule has 9 heteroatoms. The van der Waals surface area contributed by atoms with E-state index >= 15 is 0 Å². The van der Waals surface area contributed by atoms with Gasteiger partial charge in [0, 0.05) is 0 Å². The monoisotopic (exact) mass is 312 g/mol. The van der Waals surface area contributed by atoms with Crippen molar-refractivity contribution in [2.45, 2.75) is 23.6 Å². The van der Waals surface area contributed by atoms with E-state index in [4.69, 9.17) is 22.4 Å². The quantitative estimate of drug-likeness (QED) is 0.737. The zero-order valence-electron chi connectivity index (χ0n) is 9.73. The number of halogens is 1. The second-order valence-corrected chi connectivity index (χ2v) is 7.83. The summed E-state index contributed by atoms with van der Waals surface area (Å²) in [5.74, 6) is -0.792. The van der Waals surface area contributed by atoms with Gasteiger partial charge in [-0.2, -0.15) is 0 Å². The Balaban J connectivity index is 3.14. The molecule has 0 spiro atoms. The molecule has 0 bridgehead atoms. The number of rotatable bonds is 5. The molecule has 0 radical (unpaired) electrons. The van der Waals surface area contributed by atoms with Crippen LogP contribution in [-0.2, 0) is 10.0 Å². The van der Waals surface area contributed by atoms with Crippen LogP contribution in [0, 0.1) is 0 Å². The summed E-state index contributed by atoms with van der Waals surface area (Å²) in [7, 11) is -3.85. The van der Waals surface area contributed by atoms with Crippen LogP contribution in [0.15, 0.2) is 10.3 Å². The lowest BCUT2D eigenvalue weighted by molar-refractivity contribution is 0.100. The molecule has 1 amide bonds. The summed E-state index contributed by atoms with van der Waals surface area (Å²) in [5, 5.41) is 9.03. The number of carbonyl (C=O) groups is 1. The molecule has 4 N–H and O–H groups in total. The van der Waals surface area contributed by atoms with Gasteiger partial charge in [0.15, 0.2) is 0 Å². The van der Waals surface area contributed by atoms with Gasteiger partial charge in [-0.15, -0.1) is 11.3 Å². The number of carbonyl (C=O) groups excluding carboxylic acids is 1. The van der Waals surface area contributed by atoms with Gasteiger partial charge in [-0.1, -0.05) is 11.6 Å². The Hall–Kier alpha value is -0.670. The van der Waals surface area contributed by atoms with Gasteiger partial charge in [0.1, 0.15) is 8.55 Å². The maximum Gasteiger partial charge on any atom is 0.251 e. The number of thiophene rings is 1. The van der Waals surface area contributed by atoms with Crippen LogP contribution in [0.5, 0.6) is 0 Å². The Labute approximate surface area is 114 Å². The van der Waals surface area contributed by atoms with Crippen LogP contribution in [0.3, 0.4) is 0 Å². The highest BCUT2D eigenvalue weighted by Crippen LogP contribution is 2.31. The first-order valence-corrected chi connectivity index (χ1v) is 7.51. The van der Waals surface area contributed by atoms with Gasteiger partial charge in [-0.05, 0) is 19.9 Å². The molecule has 0 aliphatic carbocycles. The van der Waals surface area contributed by atoms with Crippen molar-refractivity contribution < 1.29 is 18.3 Å². The molecule has 6 nitrogen and oxygen atoms in total. The fourth-order valence-electron chi connectivity index (χ4n) is 1.09. The van der Waals surface area contributed by atoms with Crippen LogP contribution in [-0.4, -0.2) is 31.6 Å². The standard InChI is InChI=1S/C9H13ClN2O4S2/c1-9(2,4-13)12-18(15,16)6-3-5(8(11)14)7(10)17-6/h3,12-13H,4H2,1-2H3,(H2,11,14). The number of nitrogens with two attached hydrogens (primary N) is 1. The lowest BCUT2D eigenvalue weighted by Gasteiger charge is -2.22. The average Bonchev–Trinajstić information content (AvgIpc) is 2.59. The van der Waals surface area contributed by atoms with Crippen molar-refractivity contribution in [3.05, 3.63) is 16.0 Å². The van der Waals surface area contributed by atoms with Gasteiger partial charge < -0.3 is 10.8 Å². The fourth-order valence-corrected chi connectivity index (χ4v) is 4.23. The van der Waals surface area contributed by atoms with E-state index in [0.717, 1.165) is 17.4 Å². The molecule has 1 aromatic rings. The van der Waals surface area contributed by atoms with E-state index in [-0.39, 0.29) is 20.7 Å². The average molecular weight is 313 g/mol. The van der Waals surface area contributed by atoms with Gasteiger partial charge in [0.05, 0.1) is 17.7 Å². The molecule has 1 rings (SSSR count). The maximum absolute atomic E-state index is 12.0. The van der Waals surface area contributed by atoms with Crippen molar-refractivity contribution in [1.29, 1.82) is 0 Å². The van der Waals surface area contributed by atoms with E-state index in [1.54, 1.807) is 0 Å². The molecular formula is C9H13ClN2O4S2. The molecule has 0 saturated carbocycles. The zero-order valence-corrected chi connectivity index (χ0v) is 12.1. The van der Waals surface area contributed by atoms with Crippen molar-refractivity contribution in [3.63, 3.8) is 0 Å². The molecule has 0 saturated heterocycles. The molecule has 18 heavy (non-hydrogen) atoms. The number of hydrogen-bond acceptors (Lipinski definition) is 5. The van der Waals surface area contributed by atoms with Crippen LogP contribution < -0.4 is 10.5 Å². The predicted molar refractivity (Wildman–Crippen MR) is 69.3 cm³/mol. The minimum Gasteiger partial charge on any atom is -0.394 e. The number of sulfonamides is 1. The lowest BCUT2D eigenvalue weighted by atomic mass is 10.1. The molecule has 0 unspecified atom stereocenters. The molecule has 1 aromatic heterocycles. The molecule has 0 atom stereocenters. The number of aliphatic hydroxyl groups excluding tert-OH is 1. The first-order valence-electron chi connectivity index (χ1n) is 4.83. The number of nitrogens with one attached hydrogen (secondary N) is 1. The van der Waals surface area contributed by atoms with Gasteiger partial charge in [0.25, 0.3) is 15.9 Å². The van der Waals surface area contributed by atoms with Gasteiger partial charge in [-0.3, -0.25) is 4.79 Å². The van der Waals surface area contributed by atoms with Crippen LogP contribution in [0.4, 0.5) is 0 Å². The Morgan fingerprint density at radius 2 is 2.17 bits per heavy atom. The molecule has 0 aliphatic rings. The Morgan fingerprint density at radius 1 is 1.61 bits per heavy atom. The molecular weight excluding hydrogens is 300 g/mol. The van der Waals surface area contributed by atoms with Gasteiger partial charge in [0.2, 0.25) is 0 Å². The van der Waals surface area contributed by atoms with E-state index in [9.17, 15) is 13.2 Å². The smallest absolute Gasteiger partial charge is 0.251 e. The Bertz CT molecular complexity index is 565. The van der Waals surface area contributed by atoms with E-state index in [2.05, 4.69) is 4.72 Å². The number of primary amides is 1. The van der Waals surface area contributed by atoms with Crippen molar-refractivity contribution in [3.8, 4) is 0 Å². The second kappa shape index (κ2) is 5.14. The highest BCUT2D eigenvalue weighted by Gasteiger charge is 2.28. The molecule has 0 aromatic carbocycles. The normalized spacial score (nSPS) is 12.7. The number of hydrogen-bond donors (Lipinski definition) is 3. The first-order chi connectivity index (χ1) is 8.09. The zero-order chi connectivity index (χ0) is 14.1. The second-order valence-electron chi connectivity index (χ2n) is 4.26. The van der Waals surface area contributed by atoms with E-state index in [0.29, 0.717) is 0 Å². The van der Waals surface area contributed by atoms with Crippen LogP contribution in [0.1, 0.15) is 24.2 Å². The minimum absolute atomic E-state index is 0.0182. The fraction of sp³-hybridized carbons (Fsp3) is 0.444. The van der Waals surface area contributed by atoms with Crippen LogP contribution >= 0.6 is 22.9 Å². The molecule has 1 heterocycles. The summed E-state index contributed by atoms with van der Waals surface area (Å²) in [6.07, 6.45) is 0. The third kappa shape index (κ3) is 3.42. The molecule has 102 valence electrons. The van der Waals surface area contributed by atoms with Crippen LogP contribution in [0.2, 0.25) is 4.34 Å². The molecule has 0 aliphatic heterocycles.